The minimum absolute atomic E-state index is 0.00124. The van der Waals surface area contributed by atoms with Crippen LogP contribution in [0.1, 0.15) is 49.3 Å². The second-order valence-electron chi connectivity index (χ2n) is 5.45. The van der Waals surface area contributed by atoms with Crippen molar-refractivity contribution in [1.29, 1.82) is 0 Å². The van der Waals surface area contributed by atoms with Crippen molar-refractivity contribution in [1.82, 2.24) is 9.78 Å². The van der Waals surface area contributed by atoms with Gasteiger partial charge >= 0.3 is 11.9 Å². The maximum atomic E-state index is 11.3. The van der Waals surface area contributed by atoms with Crippen LogP contribution in [0.4, 0.5) is 0 Å². The van der Waals surface area contributed by atoms with Crippen molar-refractivity contribution in [2.45, 2.75) is 46.6 Å². The molecule has 24 heavy (non-hydrogen) atoms. The first kappa shape index (κ1) is 19.4. The summed E-state index contributed by atoms with van der Waals surface area (Å²) in [5.41, 5.74) is 7.57. The third-order valence-corrected chi connectivity index (χ3v) is 3.45. The Hall–Kier alpha value is -2.64. The van der Waals surface area contributed by atoms with Gasteiger partial charge in [-0.15, -0.1) is 0 Å². The quantitative estimate of drug-likeness (QED) is 0.466. The number of hydrogen-bond acceptors (Lipinski definition) is 5. The molecule has 0 bridgehead atoms. The summed E-state index contributed by atoms with van der Waals surface area (Å²) in [5.74, 6) is -2.11. The van der Waals surface area contributed by atoms with E-state index < -0.39 is 11.9 Å². The van der Waals surface area contributed by atoms with Crippen LogP contribution >= 0.6 is 0 Å². The van der Waals surface area contributed by atoms with E-state index in [1.807, 2.05) is 0 Å². The van der Waals surface area contributed by atoms with Gasteiger partial charge in [0, 0.05) is 24.4 Å². The Balaban J connectivity index is 2.72. The Morgan fingerprint density at radius 2 is 2.00 bits per heavy atom. The number of carboxylic acids is 2. The van der Waals surface area contributed by atoms with Crippen LogP contribution < -0.4 is 5.73 Å². The number of aliphatic carboxylic acids is 1. The van der Waals surface area contributed by atoms with E-state index in [4.69, 9.17) is 10.8 Å². The van der Waals surface area contributed by atoms with Crippen molar-refractivity contribution >= 4 is 17.7 Å². The first-order valence-electron chi connectivity index (χ1n) is 7.79. The van der Waals surface area contributed by atoms with Crippen molar-refractivity contribution in [2.75, 3.05) is 6.54 Å². The van der Waals surface area contributed by atoms with Gasteiger partial charge in [0.15, 0.2) is 0 Å². The highest BCUT2D eigenvalue weighted by Gasteiger charge is 2.17. The third-order valence-electron chi connectivity index (χ3n) is 3.45. The minimum Gasteiger partial charge on any atom is -0.477 e. The molecule has 132 valence electrons. The maximum Gasteiger partial charge on any atom is 0.354 e. The standard InChI is InChI=1S/C16H24N4O4/c1-4-18-14(16(23)24)12(11(3)17)7-5-6-8-20-13(15(21)22)9-10(2)19-20/h9H,4-8,17H2,1-3H3,(H,21,22)(H,23,24). The Bertz CT molecular complexity index is 670. The number of allylic oxidation sites excluding steroid dienone is 1. The molecule has 1 aromatic rings. The lowest BCUT2D eigenvalue weighted by Gasteiger charge is -2.10. The molecule has 0 aliphatic carbocycles. The number of nitrogens with zero attached hydrogens (tertiary/aromatic N) is 3. The van der Waals surface area contributed by atoms with Gasteiger partial charge in [0.1, 0.15) is 11.4 Å². The van der Waals surface area contributed by atoms with Gasteiger partial charge in [-0.1, -0.05) is 0 Å². The Morgan fingerprint density at radius 3 is 2.50 bits per heavy atom. The molecular weight excluding hydrogens is 312 g/mol. The molecule has 0 unspecified atom stereocenters. The van der Waals surface area contributed by atoms with Gasteiger partial charge in [-0.2, -0.15) is 5.10 Å². The monoisotopic (exact) mass is 336 g/mol. The number of aryl methyl sites for hydroxylation is 2. The Kier molecular flexibility index (Phi) is 7.16. The summed E-state index contributed by atoms with van der Waals surface area (Å²) in [6.45, 7) is 5.97. The summed E-state index contributed by atoms with van der Waals surface area (Å²) in [5, 5.41) is 22.5. The molecule has 8 nitrogen and oxygen atoms in total. The molecule has 0 fully saturated rings. The molecule has 1 heterocycles. The van der Waals surface area contributed by atoms with Crippen LogP contribution in [0.25, 0.3) is 0 Å². The van der Waals surface area contributed by atoms with Gasteiger partial charge in [0.25, 0.3) is 0 Å². The summed E-state index contributed by atoms with van der Waals surface area (Å²) >= 11 is 0. The molecule has 1 rings (SSSR count). The molecule has 1 aromatic heterocycles. The molecular formula is C16H24N4O4. The van der Waals surface area contributed by atoms with Gasteiger partial charge in [-0.3, -0.25) is 9.67 Å². The van der Waals surface area contributed by atoms with E-state index >= 15 is 0 Å². The number of carboxylic acid groups (broad SMARTS) is 2. The topological polar surface area (TPSA) is 131 Å². The maximum absolute atomic E-state index is 11.3. The van der Waals surface area contributed by atoms with Crippen LogP contribution in [-0.4, -0.2) is 44.2 Å². The zero-order chi connectivity index (χ0) is 18.3. The fourth-order valence-corrected chi connectivity index (χ4v) is 2.40. The molecule has 0 radical (unpaired) electrons. The number of carbonyl (C=O) groups is 2. The molecule has 8 heteroatoms. The zero-order valence-electron chi connectivity index (χ0n) is 14.2. The van der Waals surface area contributed by atoms with E-state index in [1.54, 1.807) is 20.8 Å². The molecule has 0 aliphatic rings. The van der Waals surface area contributed by atoms with Crippen LogP contribution in [0.2, 0.25) is 0 Å². The summed E-state index contributed by atoms with van der Waals surface area (Å²) in [6, 6.07) is 1.52. The highest BCUT2D eigenvalue weighted by molar-refractivity contribution is 6.42. The highest BCUT2D eigenvalue weighted by Crippen LogP contribution is 2.14. The number of nitrogens with two attached hydrogens (primary N) is 1. The summed E-state index contributed by atoms with van der Waals surface area (Å²) in [7, 11) is 0. The van der Waals surface area contributed by atoms with Gasteiger partial charge in [0.2, 0.25) is 0 Å². The van der Waals surface area contributed by atoms with Gasteiger partial charge in [0.05, 0.1) is 5.69 Å². The molecule has 0 saturated carbocycles. The van der Waals surface area contributed by atoms with Crippen molar-refractivity contribution in [3.63, 3.8) is 0 Å². The smallest absolute Gasteiger partial charge is 0.354 e. The number of aromatic nitrogens is 2. The number of hydrogen-bond donors (Lipinski definition) is 3. The molecule has 0 saturated heterocycles. The van der Waals surface area contributed by atoms with E-state index in [0.29, 0.717) is 49.3 Å². The summed E-state index contributed by atoms with van der Waals surface area (Å²) in [4.78, 5) is 26.5. The normalized spacial score (nSPS) is 12.9. The van der Waals surface area contributed by atoms with Crippen LogP contribution in [0.15, 0.2) is 22.3 Å². The van der Waals surface area contributed by atoms with Crippen molar-refractivity contribution in [3.8, 4) is 0 Å². The van der Waals surface area contributed by atoms with E-state index in [2.05, 4.69) is 10.1 Å². The molecule has 0 aromatic carbocycles. The fourth-order valence-electron chi connectivity index (χ4n) is 2.40. The lowest BCUT2D eigenvalue weighted by molar-refractivity contribution is -0.129. The van der Waals surface area contributed by atoms with Gasteiger partial charge in [-0.05, 0) is 46.1 Å². The van der Waals surface area contributed by atoms with Crippen molar-refractivity contribution < 1.29 is 19.8 Å². The van der Waals surface area contributed by atoms with Crippen LogP contribution in [0.3, 0.4) is 0 Å². The second-order valence-corrected chi connectivity index (χ2v) is 5.45. The predicted octanol–water partition coefficient (Wildman–Crippen LogP) is 1.84. The lowest BCUT2D eigenvalue weighted by Crippen LogP contribution is -2.20. The molecule has 4 N–H and O–H groups in total. The molecule has 0 atom stereocenters. The van der Waals surface area contributed by atoms with Crippen LogP contribution in [0, 0.1) is 6.92 Å². The number of aromatic carboxylic acids is 1. The SMILES string of the molecule is CCN=C(C(=O)O)C(CCCCn1nc(C)cc1C(=O)O)=C(C)N. The largest absolute Gasteiger partial charge is 0.477 e. The fraction of sp³-hybridized carbons (Fsp3) is 0.500. The van der Waals surface area contributed by atoms with Crippen molar-refractivity contribution in [3.05, 3.63) is 28.7 Å². The Labute approximate surface area is 140 Å². The predicted molar refractivity (Wildman–Crippen MR) is 90.3 cm³/mol. The van der Waals surface area contributed by atoms with Gasteiger partial charge in [-0.25, -0.2) is 9.59 Å². The summed E-state index contributed by atoms with van der Waals surface area (Å²) in [6.07, 6.45) is 1.77. The van der Waals surface area contributed by atoms with Crippen LogP contribution in [-0.2, 0) is 11.3 Å². The Morgan fingerprint density at radius 1 is 1.33 bits per heavy atom. The molecule has 0 spiro atoms. The lowest BCUT2D eigenvalue weighted by atomic mass is 10.0. The van der Waals surface area contributed by atoms with E-state index in [9.17, 15) is 14.7 Å². The average Bonchev–Trinajstić information content (AvgIpc) is 2.86. The van der Waals surface area contributed by atoms with E-state index in [1.165, 1.54) is 10.7 Å². The van der Waals surface area contributed by atoms with Crippen LogP contribution in [0.5, 0.6) is 0 Å². The first-order chi connectivity index (χ1) is 11.3. The number of unbranched alkanes of at least 4 members (excludes halogenated alkanes) is 1. The minimum atomic E-state index is -1.09. The van der Waals surface area contributed by atoms with E-state index in [-0.39, 0.29) is 11.4 Å². The van der Waals surface area contributed by atoms with Crippen molar-refractivity contribution in [2.24, 2.45) is 10.7 Å². The summed E-state index contributed by atoms with van der Waals surface area (Å²) < 4.78 is 1.45. The molecule has 0 aliphatic heterocycles. The number of rotatable bonds is 9. The highest BCUT2D eigenvalue weighted by atomic mass is 16.4. The third kappa shape index (κ3) is 5.22. The van der Waals surface area contributed by atoms with Gasteiger partial charge < -0.3 is 15.9 Å². The van der Waals surface area contributed by atoms with E-state index in [0.717, 1.165) is 0 Å². The molecule has 0 amide bonds. The first-order valence-corrected chi connectivity index (χ1v) is 7.79. The zero-order valence-corrected chi connectivity index (χ0v) is 14.2. The average molecular weight is 336 g/mol. The number of aliphatic imine (C=N–C) groups is 1. The second kappa shape index (κ2) is 8.85.